The largest absolute Gasteiger partial charge is 0.384 e. The lowest BCUT2D eigenvalue weighted by molar-refractivity contribution is -0.121. The SMILES string of the molecule is COCC1(CNC(=O)Cc2sc(C)nc2-c2ccc(C)cc2)CCNCC1. The third-order valence-electron chi connectivity index (χ3n) is 5.23. The number of benzene rings is 1. The molecule has 3 rings (SSSR count). The number of aromatic nitrogens is 1. The van der Waals surface area contributed by atoms with Gasteiger partial charge in [0.2, 0.25) is 5.91 Å². The van der Waals surface area contributed by atoms with Crippen LogP contribution in [0.15, 0.2) is 24.3 Å². The number of piperidine rings is 1. The Morgan fingerprint density at radius 1 is 1.26 bits per heavy atom. The fourth-order valence-corrected chi connectivity index (χ4v) is 4.61. The number of rotatable bonds is 7. The number of carbonyl (C=O) groups excluding carboxylic acids is 1. The molecule has 0 bridgehead atoms. The zero-order valence-electron chi connectivity index (χ0n) is 16.4. The Hall–Kier alpha value is -1.76. The van der Waals surface area contributed by atoms with Crippen molar-refractivity contribution < 1.29 is 9.53 Å². The van der Waals surface area contributed by atoms with Crippen LogP contribution in [-0.2, 0) is 16.0 Å². The maximum absolute atomic E-state index is 12.7. The lowest BCUT2D eigenvalue weighted by atomic mass is 9.79. The number of carbonyl (C=O) groups is 1. The zero-order chi connectivity index (χ0) is 19.3. The molecular formula is C21H29N3O2S. The molecule has 2 N–H and O–H groups in total. The van der Waals surface area contributed by atoms with Gasteiger partial charge in [-0.3, -0.25) is 4.79 Å². The average molecular weight is 388 g/mol. The zero-order valence-corrected chi connectivity index (χ0v) is 17.2. The predicted octanol–water partition coefficient (Wildman–Crippen LogP) is 3.10. The number of nitrogens with one attached hydrogen (secondary N) is 2. The standard InChI is InChI=1S/C21H29N3O2S/c1-15-4-6-17(7-5-15)20-18(27-16(2)24-20)12-19(25)23-13-21(14-26-3)8-10-22-11-9-21/h4-7,22H,8-14H2,1-3H3,(H,23,25). The van der Waals surface area contributed by atoms with E-state index in [0.717, 1.165) is 47.1 Å². The monoisotopic (exact) mass is 387 g/mol. The molecule has 1 aliphatic heterocycles. The van der Waals surface area contributed by atoms with E-state index in [-0.39, 0.29) is 11.3 Å². The summed E-state index contributed by atoms with van der Waals surface area (Å²) in [5, 5.41) is 7.53. The van der Waals surface area contributed by atoms with Crippen molar-refractivity contribution in [3.05, 3.63) is 39.7 Å². The fraction of sp³-hybridized carbons (Fsp3) is 0.524. The number of methoxy groups -OCH3 is 1. The molecule has 146 valence electrons. The first kappa shape index (κ1) is 20.0. The topological polar surface area (TPSA) is 63.2 Å². The van der Waals surface area contributed by atoms with Crippen LogP contribution in [0.4, 0.5) is 0 Å². The highest BCUT2D eigenvalue weighted by molar-refractivity contribution is 7.12. The second-order valence-corrected chi connectivity index (χ2v) is 8.79. The molecule has 0 unspecified atom stereocenters. The Kier molecular flexibility index (Phi) is 6.63. The van der Waals surface area contributed by atoms with E-state index in [1.54, 1.807) is 18.4 Å². The molecule has 1 aromatic carbocycles. The summed E-state index contributed by atoms with van der Waals surface area (Å²) in [7, 11) is 1.74. The Bertz CT molecular complexity index is 759. The minimum atomic E-state index is 0.0407. The van der Waals surface area contributed by atoms with Crippen LogP contribution in [0.5, 0.6) is 0 Å². The van der Waals surface area contributed by atoms with Gasteiger partial charge in [-0.2, -0.15) is 0 Å². The van der Waals surface area contributed by atoms with Gasteiger partial charge in [0, 0.05) is 29.5 Å². The Balaban J connectivity index is 1.66. The van der Waals surface area contributed by atoms with Crippen molar-refractivity contribution in [2.45, 2.75) is 33.1 Å². The van der Waals surface area contributed by atoms with Crippen molar-refractivity contribution in [3.8, 4) is 11.3 Å². The highest BCUT2D eigenvalue weighted by atomic mass is 32.1. The van der Waals surface area contributed by atoms with Crippen molar-refractivity contribution in [1.29, 1.82) is 0 Å². The highest BCUT2D eigenvalue weighted by Crippen LogP contribution is 2.30. The molecule has 2 aromatic rings. The first-order chi connectivity index (χ1) is 13.0. The molecule has 0 aliphatic carbocycles. The molecule has 27 heavy (non-hydrogen) atoms. The van der Waals surface area contributed by atoms with Crippen LogP contribution in [0.1, 0.15) is 28.3 Å². The van der Waals surface area contributed by atoms with Gasteiger partial charge >= 0.3 is 0 Å². The first-order valence-corrected chi connectivity index (χ1v) is 10.3. The number of amides is 1. The van der Waals surface area contributed by atoms with Crippen LogP contribution >= 0.6 is 11.3 Å². The number of nitrogens with zero attached hydrogens (tertiary/aromatic N) is 1. The van der Waals surface area contributed by atoms with Crippen LogP contribution in [-0.4, -0.2) is 44.2 Å². The van der Waals surface area contributed by atoms with E-state index in [4.69, 9.17) is 4.74 Å². The molecule has 1 aliphatic rings. The summed E-state index contributed by atoms with van der Waals surface area (Å²) in [6.07, 6.45) is 2.42. The van der Waals surface area contributed by atoms with Crippen LogP contribution in [0.3, 0.4) is 0 Å². The lowest BCUT2D eigenvalue weighted by Gasteiger charge is -2.37. The third kappa shape index (κ3) is 5.15. The van der Waals surface area contributed by atoms with Crippen LogP contribution in [0.25, 0.3) is 11.3 Å². The van der Waals surface area contributed by atoms with Gasteiger partial charge in [-0.15, -0.1) is 11.3 Å². The molecule has 5 nitrogen and oxygen atoms in total. The van der Waals surface area contributed by atoms with Crippen molar-refractivity contribution in [2.24, 2.45) is 5.41 Å². The van der Waals surface area contributed by atoms with E-state index in [2.05, 4.69) is 46.8 Å². The molecule has 0 atom stereocenters. The first-order valence-electron chi connectivity index (χ1n) is 9.51. The van der Waals surface area contributed by atoms with Gasteiger partial charge in [0.1, 0.15) is 0 Å². The number of aryl methyl sites for hydroxylation is 2. The average Bonchev–Trinajstić information content (AvgIpc) is 3.02. The smallest absolute Gasteiger partial charge is 0.225 e. The van der Waals surface area contributed by atoms with Gasteiger partial charge in [-0.25, -0.2) is 4.98 Å². The van der Waals surface area contributed by atoms with Crippen LogP contribution in [0.2, 0.25) is 0 Å². The predicted molar refractivity (Wildman–Crippen MR) is 110 cm³/mol. The fourth-order valence-electron chi connectivity index (χ4n) is 3.66. The van der Waals surface area contributed by atoms with Crippen molar-refractivity contribution in [1.82, 2.24) is 15.6 Å². The van der Waals surface area contributed by atoms with Crippen molar-refractivity contribution in [2.75, 3.05) is 33.4 Å². The summed E-state index contributed by atoms with van der Waals surface area (Å²) in [5.41, 5.74) is 3.26. The number of ether oxygens (including phenoxy) is 1. The summed E-state index contributed by atoms with van der Waals surface area (Å²) in [4.78, 5) is 18.4. The summed E-state index contributed by atoms with van der Waals surface area (Å²) in [5.74, 6) is 0.0565. The van der Waals surface area contributed by atoms with Gasteiger partial charge in [-0.05, 0) is 39.8 Å². The molecule has 1 aromatic heterocycles. The molecule has 2 heterocycles. The maximum atomic E-state index is 12.7. The van der Waals surface area contributed by atoms with Crippen molar-refractivity contribution in [3.63, 3.8) is 0 Å². The van der Waals surface area contributed by atoms with Gasteiger partial charge < -0.3 is 15.4 Å². The quantitative estimate of drug-likeness (QED) is 0.766. The molecule has 0 spiro atoms. The Morgan fingerprint density at radius 3 is 2.63 bits per heavy atom. The van der Waals surface area contributed by atoms with E-state index >= 15 is 0 Å². The van der Waals surface area contributed by atoms with Gasteiger partial charge in [0.25, 0.3) is 0 Å². The van der Waals surface area contributed by atoms with Gasteiger partial charge in [0.05, 0.1) is 23.7 Å². The van der Waals surface area contributed by atoms with E-state index in [1.165, 1.54) is 5.56 Å². The molecule has 1 fully saturated rings. The van der Waals surface area contributed by atoms with E-state index in [9.17, 15) is 4.79 Å². The molecule has 1 saturated heterocycles. The van der Waals surface area contributed by atoms with Crippen LogP contribution in [0, 0.1) is 19.3 Å². The Labute approximate surface area is 165 Å². The van der Waals surface area contributed by atoms with E-state index < -0.39 is 0 Å². The van der Waals surface area contributed by atoms with Gasteiger partial charge in [-0.1, -0.05) is 29.8 Å². The highest BCUT2D eigenvalue weighted by Gasteiger charge is 2.32. The van der Waals surface area contributed by atoms with Gasteiger partial charge in [0.15, 0.2) is 0 Å². The molecule has 0 saturated carbocycles. The lowest BCUT2D eigenvalue weighted by Crippen LogP contribution is -2.47. The van der Waals surface area contributed by atoms with E-state index in [1.807, 2.05) is 6.92 Å². The summed E-state index contributed by atoms with van der Waals surface area (Å²) in [6.45, 7) is 7.37. The normalized spacial score (nSPS) is 16.3. The van der Waals surface area contributed by atoms with E-state index in [0.29, 0.717) is 19.6 Å². The molecule has 6 heteroatoms. The summed E-state index contributed by atoms with van der Waals surface area (Å²) in [6, 6.07) is 8.32. The van der Waals surface area contributed by atoms with Crippen LogP contribution < -0.4 is 10.6 Å². The molecule has 1 amide bonds. The maximum Gasteiger partial charge on any atom is 0.225 e. The van der Waals surface area contributed by atoms with Crippen molar-refractivity contribution >= 4 is 17.2 Å². The summed E-state index contributed by atoms with van der Waals surface area (Å²) >= 11 is 1.61. The number of hydrogen-bond acceptors (Lipinski definition) is 5. The second kappa shape index (κ2) is 8.95. The minimum absolute atomic E-state index is 0.0407. The molecule has 0 radical (unpaired) electrons. The summed E-state index contributed by atoms with van der Waals surface area (Å²) < 4.78 is 5.44. The number of thiazole rings is 1. The third-order valence-corrected chi connectivity index (χ3v) is 6.20. The Morgan fingerprint density at radius 2 is 1.96 bits per heavy atom. The molecular weight excluding hydrogens is 358 g/mol. The number of hydrogen-bond donors (Lipinski definition) is 2. The minimum Gasteiger partial charge on any atom is -0.384 e. The second-order valence-electron chi connectivity index (χ2n) is 7.51.